The van der Waals surface area contributed by atoms with Gasteiger partial charge in [-0.2, -0.15) is 0 Å². The molecule has 22 heavy (non-hydrogen) atoms. The Morgan fingerprint density at radius 1 is 1.27 bits per heavy atom. The molecule has 0 aliphatic carbocycles. The summed E-state index contributed by atoms with van der Waals surface area (Å²) >= 11 is 0. The molecule has 4 nitrogen and oxygen atoms in total. The van der Waals surface area contributed by atoms with Crippen LogP contribution in [0.3, 0.4) is 0 Å². The number of likely N-dealkylation sites (N-methyl/N-ethyl adjacent to an activating group) is 1. The zero-order chi connectivity index (χ0) is 16.2. The average Bonchev–Trinajstić information content (AvgIpc) is 2.92. The van der Waals surface area contributed by atoms with Crippen molar-refractivity contribution in [3.8, 4) is 11.5 Å². The third-order valence-electron chi connectivity index (χ3n) is 3.48. The predicted octanol–water partition coefficient (Wildman–Crippen LogP) is 2.97. The predicted molar refractivity (Wildman–Crippen MR) is 94.1 cm³/mol. The van der Waals surface area contributed by atoms with Crippen molar-refractivity contribution in [1.29, 1.82) is 0 Å². The SMILES string of the molecule is CCN(CCS(C)(C)C)C(=O)/C=C/c1ccc2c(c1)OCO2. The zero-order valence-electron chi connectivity index (χ0n) is 13.8. The van der Waals surface area contributed by atoms with Crippen LogP contribution in [0, 0.1) is 0 Å². The summed E-state index contributed by atoms with van der Waals surface area (Å²) in [5, 5.41) is 0. The first-order chi connectivity index (χ1) is 10.4. The summed E-state index contributed by atoms with van der Waals surface area (Å²) in [4.78, 5) is 14.2. The van der Waals surface area contributed by atoms with Gasteiger partial charge in [0.25, 0.3) is 0 Å². The van der Waals surface area contributed by atoms with Gasteiger partial charge in [-0.1, -0.05) is 6.07 Å². The molecule has 0 spiro atoms. The molecule has 0 fully saturated rings. The summed E-state index contributed by atoms with van der Waals surface area (Å²) in [6.07, 6.45) is 10.3. The van der Waals surface area contributed by atoms with Crippen molar-refractivity contribution in [3.63, 3.8) is 0 Å². The first kappa shape index (κ1) is 16.7. The van der Waals surface area contributed by atoms with Crippen LogP contribution in [0.5, 0.6) is 11.5 Å². The van der Waals surface area contributed by atoms with E-state index in [9.17, 15) is 4.79 Å². The fourth-order valence-electron chi connectivity index (χ4n) is 2.10. The highest BCUT2D eigenvalue weighted by Crippen LogP contribution is 2.34. The molecule has 0 saturated heterocycles. The number of rotatable bonds is 6. The lowest BCUT2D eigenvalue weighted by atomic mass is 10.2. The maximum absolute atomic E-state index is 12.3. The number of amides is 1. The van der Waals surface area contributed by atoms with E-state index in [1.165, 1.54) is 0 Å². The van der Waals surface area contributed by atoms with Crippen LogP contribution in [-0.4, -0.2) is 55.2 Å². The lowest BCUT2D eigenvalue weighted by Gasteiger charge is -2.29. The number of hydrogen-bond donors (Lipinski definition) is 0. The first-order valence-electron chi connectivity index (χ1n) is 7.42. The molecule has 1 aliphatic heterocycles. The number of hydrogen-bond acceptors (Lipinski definition) is 3. The van der Waals surface area contributed by atoms with Crippen LogP contribution in [0.4, 0.5) is 0 Å². The standard InChI is InChI=1S/C17H25NO3S/c1-5-18(10-11-22(2,3)4)17(19)9-7-14-6-8-15-16(12-14)21-13-20-15/h6-9,12H,5,10-11,13H2,1-4H3/b9-7+. The van der Waals surface area contributed by atoms with Crippen molar-refractivity contribution >= 4 is 22.0 Å². The van der Waals surface area contributed by atoms with E-state index in [1.54, 1.807) is 6.08 Å². The monoisotopic (exact) mass is 323 g/mol. The molecule has 0 bridgehead atoms. The Labute approximate surface area is 134 Å². The van der Waals surface area contributed by atoms with E-state index in [-0.39, 0.29) is 12.7 Å². The third kappa shape index (κ3) is 4.70. The number of carbonyl (C=O) groups excluding carboxylic acids is 1. The number of nitrogens with zero attached hydrogens (tertiary/aromatic N) is 1. The highest BCUT2D eigenvalue weighted by Gasteiger charge is 2.14. The normalized spacial score (nSPS) is 14.4. The molecule has 0 saturated carbocycles. The zero-order valence-corrected chi connectivity index (χ0v) is 14.6. The van der Waals surface area contributed by atoms with Gasteiger partial charge in [0.1, 0.15) is 0 Å². The second-order valence-electron chi connectivity index (χ2n) is 6.16. The van der Waals surface area contributed by atoms with Crippen LogP contribution < -0.4 is 9.47 Å². The molecule has 122 valence electrons. The van der Waals surface area contributed by atoms with Crippen LogP contribution in [0.2, 0.25) is 0 Å². The lowest BCUT2D eigenvalue weighted by molar-refractivity contribution is -0.125. The van der Waals surface area contributed by atoms with Gasteiger partial charge in [0.2, 0.25) is 12.7 Å². The van der Waals surface area contributed by atoms with E-state index in [0.717, 1.165) is 35.9 Å². The van der Waals surface area contributed by atoms with Crippen molar-refractivity contribution < 1.29 is 14.3 Å². The molecule has 1 aliphatic rings. The number of ether oxygens (including phenoxy) is 2. The van der Waals surface area contributed by atoms with Crippen LogP contribution in [0.15, 0.2) is 24.3 Å². The van der Waals surface area contributed by atoms with E-state index in [0.29, 0.717) is 0 Å². The Morgan fingerprint density at radius 3 is 2.68 bits per heavy atom. The molecular formula is C17H25NO3S. The smallest absolute Gasteiger partial charge is 0.246 e. The maximum Gasteiger partial charge on any atom is 0.246 e. The van der Waals surface area contributed by atoms with Crippen LogP contribution in [0.25, 0.3) is 6.08 Å². The lowest BCUT2D eigenvalue weighted by Crippen LogP contribution is -2.32. The van der Waals surface area contributed by atoms with Crippen molar-refractivity contribution in [2.24, 2.45) is 0 Å². The molecule has 0 N–H and O–H groups in total. The Morgan fingerprint density at radius 2 is 2.00 bits per heavy atom. The molecular weight excluding hydrogens is 298 g/mol. The second kappa shape index (κ2) is 7.09. The summed E-state index contributed by atoms with van der Waals surface area (Å²) in [6, 6.07) is 5.68. The van der Waals surface area contributed by atoms with E-state index in [1.807, 2.05) is 36.1 Å². The Kier molecular flexibility index (Phi) is 5.40. The molecule has 0 aromatic heterocycles. The van der Waals surface area contributed by atoms with Gasteiger partial charge >= 0.3 is 0 Å². The fourth-order valence-corrected chi connectivity index (χ4v) is 2.87. The molecule has 1 aromatic rings. The van der Waals surface area contributed by atoms with Crippen LogP contribution >= 0.6 is 10.0 Å². The number of fused-ring (bicyclic) bond motifs is 1. The van der Waals surface area contributed by atoms with E-state index in [2.05, 4.69) is 18.8 Å². The van der Waals surface area contributed by atoms with E-state index in [4.69, 9.17) is 9.47 Å². The van der Waals surface area contributed by atoms with Crippen molar-refractivity contribution in [2.75, 3.05) is 44.4 Å². The van der Waals surface area contributed by atoms with Gasteiger partial charge in [0, 0.05) is 19.2 Å². The highest BCUT2D eigenvalue weighted by atomic mass is 32.3. The van der Waals surface area contributed by atoms with Gasteiger partial charge in [-0.15, -0.1) is 0 Å². The van der Waals surface area contributed by atoms with Gasteiger partial charge in [-0.3, -0.25) is 4.79 Å². The van der Waals surface area contributed by atoms with Gasteiger partial charge < -0.3 is 14.4 Å². The minimum atomic E-state index is -0.585. The van der Waals surface area contributed by atoms with Gasteiger partial charge in [0.15, 0.2) is 11.5 Å². The van der Waals surface area contributed by atoms with Crippen molar-refractivity contribution in [2.45, 2.75) is 6.92 Å². The van der Waals surface area contributed by atoms with Crippen LogP contribution in [-0.2, 0) is 4.79 Å². The van der Waals surface area contributed by atoms with E-state index < -0.39 is 10.0 Å². The minimum absolute atomic E-state index is 0.0591. The minimum Gasteiger partial charge on any atom is -0.454 e. The topological polar surface area (TPSA) is 38.8 Å². The molecule has 0 atom stereocenters. The highest BCUT2D eigenvalue weighted by molar-refractivity contribution is 8.32. The molecule has 2 rings (SSSR count). The number of benzene rings is 1. The molecule has 0 radical (unpaired) electrons. The number of carbonyl (C=O) groups is 1. The Hall–Kier alpha value is -1.62. The summed E-state index contributed by atoms with van der Waals surface area (Å²) in [5.74, 6) is 2.62. The molecule has 1 heterocycles. The summed E-state index contributed by atoms with van der Waals surface area (Å²) < 4.78 is 10.6. The Bertz CT molecular complexity index is 564. The van der Waals surface area contributed by atoms with Crippen molar-refractivity contribution in [1.82, 2.24) is 4.90 Å². The molecule has 0 unspecified atom stereocenters. The molecule has 1 amide bonds. The van der Waals surface area contributed by atoms with Gasteiger partial charge in [-0.05, 0) is 55.2 Å². The van der Waals surface area contributed by atoms with Crippen molar-refractivity contribution in [3.05, 3.63) is 29.8 Å². The summed E-state index contributed by atoms with van der Waals surface area (Å²) in [6.45, 7) is 3.84. The largest absolute Gasteiger partial charge is 0.454 e. The van der Waals surface area contributed by atoms with Gasteiger partial charge in [0.05, 0.1) is 0 Å². The second-order valence-corrected chi connectivity index (χ2v) is 10.7. The average molecular weight is 323 g/mol. The summed E-state index contributed by atoms with van der Waals surface area (Å²) in [5.41, 5.74) is 0.940. The third-order valence-corrected chi connectivity index (χ3v) is 4.89. The maximum atomic E-state index is 12.3. The Balaban J connectivity index is 1.97. The van der Waals surface area contributed by atoms with Gasteiger partial charge in [-0.25, -0.2) is 10.0 Å². The fraction of sp³-hybridized carbons (Fsp3) is 0.471. The van der Waals surface area contributed by atoms with E-state index >= 15 is 0 Å². The molecule has 5 heteroatoms. The van der Waals surface area contributed by atoms with Crippen LogP contribution in [0.1, 0.15) is 12.5 Å². The molecule has 1 aromatic carbocycles. The summed E-state index contributed by atoms with van der Waals surface area (Å²) in [7, 11) is -0.585. The quantitative estimate of drug-likeness (QED) is 0.756. The first-order valence-corrected chi connectivity index (χ1v) is 10.4.